The number of nitrogens with one attached hydrogen (secondary N) is 1. The molecule has 0 aliphatic carbocycles. The third-order valence-electron chi connectivity index (χ3n) is 4.03. The lowest BCUT2D eigenvalue weighted by atomic mass is 10.1. The van der Waals surface area contributed by atoms with E-state index >= 15 is 0 Å². The van der Waals surface area contributed by atoms with Crippen LogP contribution in [0.25, 0.3) is 0 Å². The number of hydrogen-bond acceptors (Lipinski definition) is 5. The van der Waals surface area contributed by atoms with Gasteiger partial charge in [0.2, 0.25) is 0 Å². The number of ether oxygens (including phenoxy) is 1. The molecule has 0 saturated carbocycles. The highest BCUT2D eigenvalue weighted by atomic mass is 16.6. The van der Waals surface area contributed by atoms with Crippen LogP contribution >= 0.6 is 0 Å². The Morgan fingerprint density at radius 3 is 2.58 bits per heavy atom. The number of para-hydroxylation sites is 1. The van der Waals surface area contributed by atoms with Gasteiger partial charge in [0.15, 0.2) is 0 Å². The van der Waals surface area contributed by atoms with Crippen LogP contribution in [0.3, 0.4) is 0 Å². The van der Waals surface area contributed by atoms with E-state index in [0.717, 1.165) is 25.2 Å². The Bertz CT molecular complexity index is 750. The summed E-state index contributed by atoms with van der Waals surface area (Å²) in [6.45, 7) is 4.22. The maximum Gasteiger partial charge on any atom is 0.270 e. The fraction of sp³-hybridized carbons (Fsp3) is 0.316. The lowest BCUT2D eigenvalue weighted by molar-refractivity contribution is -0.384. The molecule has 0 atom stereocenters. The number of benzene rings is 2. The van der Waals surface area contributed by atoms with Crippen LogP contribution in [0.1, 0.15) is 23.7 Å². The molecule has 2 aromatic rings. The SMILES string of the molecule is CCN(CCCNC(=O)c1cc([N+](=O)[O-])ccc1OC)c1ccccc1. The fourth-order valence-electron chi connectivity index (χ4n) is 2.66. The Morgan fingerprint density at radius 2 is 1.96 bits per heavy atom. The highest BCUT2D eigenvalue weighted by molar-refractivity contribution is 5.97. The van der Waals surface area contributed by atoms with Gasteiger partial charge >= 0.3 is 0 Å². The second-order valence-corrected chi connectivity index (χ2v) is 5.67. The van der Waals surface area contributed by atoms with Crippen LogP contribution in [-0.4, -0.2) is 37.6 Å². The zero-order chi connectivity index (χ0) is 18.9. The molecule has 1 N–H and O–H groups in total. The van der Waals surface area contributed by atoms with Crippen molar-refractivity contribution in [2.75, 3.05) is 31.6 Å². The molecule has 7 heteroatoms. The number of carbonyl (C=O) groups excluding carboxylic acids is 1. The van der Waals surface area contributed by atoms with Gasteiger partial charge in [0.05, 0.1) is 17.6 Å². The van der Waals surface area contributed by atoms with E-state index < -0.39 is 4.92 Å². The molecule has 0 unspecified atom stereocenters. The van der Waals surface area contributed by atoms with Gasteiger partial charge in [-0.3, -0.25) is 14.9 Å². The Labute approximate surface area is 152 Å². The van der Waals surface area contributed by atoms with E-state index in [0.29, 0.717) is 12.3 Å². The summed E-state index contributed by atoms with van der Waals surface area (Å²) in [5.74, 6) is -0.0686. The molecule has 2 aromatic carbocycles. The summed E-state index contributed by atoms with van der Waals surface area (Å²) in [6, 6.07) is 14.0. The van der Waals surface area contributed by atoms with Gasteiger partial charge in [-0.2, -0.15) is 0 Å². The van der Waals surface area contributed by atoms with Crippen LogP contribution in [0.2, 0.25) is 0 Å². The second-order valence-electron chi connectivity index (χ2n) is 5.67. The van der Waals surface area contributed by atoms with Crippen molar-refractivity contribution < 1.29 is 14.5 Å². The quantitative estimate of drug-likeness (QED) is 0.423. The third kappa shape index (κ3) is 4.95. The van der Waals surface area contributed by atoms with Gasteiger partial charge in [0.25, 0.3) is 11.6 Å². The topological polar surface area (TPSA) is 84.7 Å². The number of amides is 1. The molecule has 26 heavy (non-hydrogen) atoms. The van der Waals surface area contributed by atoms with Crippen LogP contribution in [-0.2, 0) is 0 Å². The van der Waals surface area contributed by atoms with Crippen LogP contribution < -0.4 is 15.0 Å². The molecule has 0 aliphatic heterocycles. The van der Waals surface area contributed by atoms with Crippen LogP contribution in [0.4, 0.5) is 11.4 Å². The summed E-state index contributed by atoms with van der Waals surface area (Å²) in [4.78, 5) is 25.0. The van der Waals surface area contributed by atoms with Gasteiger partial charge in [-0.15, -0.1) is 0 Å². The molecule has 0 radical (unpaired) electrons. The minimum atomic E-state index is -0.533. The van der Waals surface area contributed by atoms with E-state index in [2.05, 4.69) is 29.3 Å². The van der Waals surface area contributed by atoms with Crippen molar-refractivity contribution in [1.82, 2.24) is 5.32 Å². The molecule has 0 spiro atoms. The van der Waals surface area contributed by atoms with Gasteiger partial charge in [0, 0.05) is 37.5 Å². The lowest BCUT2D eigenvalue weighted by Gasteiger charge is -2.23. The van der Waals surface area contributed by atoms with Crippen LogP contribution in [0, 0.1) is 10.1 Å². The van der Waals surface area contributed by atoms with Crippen LogP contribution in [0.5, 0.6) is 5.75 Å². The Balaban J connectivity index is 1.92. The first-order chi connectivity index (χ1) is 12.6. The smallest absolute Gasteiger partial charge is 0.270 e. The number of carbonyl (C=O) groups is 1. The van der Waals surface area contributed by atoms with Crippen molar-refractivity contribution >= 4 is 17.3 Å². The van der Waals surface area contributed by atoms with E-state index in [1.807, 2.05) is 18.2 Å². The molecule has 0 heterocycles. The molecule has 0 fully saturated rings. The zero-order valence-electron chi connectivity index (χ0n) is 15.0. The molecule has 1 amide bonds. The van der Waals surface area contributed by atoms with Gasteiger partial charge in [0.1, 0.15) is 5.75 Å². The molecule has 7 nitrogen and oxygen atoms in total. The largest absolute Gasteiger partial charge is 0.496 e. The highest BCUT2D eigenvalue weighted by Gasteiger charge is 2.17. The predicted octanol–water partition coefficient (Wildman–Crippen LogP) is 3.25. The summed E-state index contributed by atoms with van der Waals surface area (Å²) in [7, 11) is 1.43. The molecular formula is C19H23N3O4. The number of non-ortho nitro benzene ring substituents is 1. The van der Waals surface area contributed by atoms with E-state index in [4.69, 9.17) is 4.74 Å². The summed E-state index contributed by atoms with van der Waals surface area (Å²) in [5.41, 5.74) is 1.16. The van der Waals surface area contributed by atoms with Crippen molar-refractivity contribution in [3.05, 3.63) is 64.2 Å². The molecule has 0 aliphatic rings. The maximum atomic E-state index is 12.4. The normalized spacial score (nSPS) is 10.2. The first-order valence-electron chi connectivity index (χ1n) is 8.47. The predicted molar refractivity (Wildman–Crippen MR) is 101 cm³/mol. The number of nitro benzene ring substituents is 1. The number of hydrogen-bond donors (Lipinski definition) is 1. The van der Waals surface area contributed by atoms with Gasteiger partial charge in [-0.05, 0) is 31.5 Å². The lowest BCUT2D eigenvalue weighted by Crippen LogP contribution is -2.30. The molecule has 2 rings (SSSR count). The number of rotatable bonds is 9. The van der Waals surface area contributed by atoms with Gasteiger partial charge in [-0.1, -0.05) is 18.2 Å². The monoisotopic (exact) mass is 357 g/mol. The summed E-state index contributed by atoms with van der Waals surface area (Å²) >= 11 is 0. The molecular weight excluding hydrogens is 334 g/mol. The summed E-state index contributed by atoms with van der Waals surface area (Å²) in [6.07, 6.45) is 0.756. The first-order valence-corrected chi connectivity index (χ1v) is 8.47. The minimum Gasteiger partial charge on any atom is -0.496 e. The average molecular weight is 357 g/mol. The van der Waals surface area contributed by atoms with Crippen molar-refractivity contribution in [2.45, 2.75) is 13.3 Å². The first kappa shape index (κ1) is 19.2. The maximum absolute atomic E-state index is 12.4. The number of anilines is 1. The number of nitro groups is 1. The van der Waals surface area contributed by atoms with Crippen LogP contribution in [0.15, 0.2) is 48.5 Å². The molecule has 0 saturated heterocycles. The van der Waals surface area contributed by atoms with E-state index in [-0.39, 0.29) is 17.2 Å². The molecule has 0 bridgehead atoms. The number of nitrogens with zero attached hydrogens (tertiary/aromatic N) is 2. The number of methoxy groups -OCH3 is 1. The minimum absolute atomic E-state index is 0.141. The summed E-state index contributed by atoms with van der Waals surface area (Å²) in [5, 5.41) is 13.7. The Morgan fingerprint density at radius 1 is 1.23 bits per heavy atom. The van der Waals surface area contributed by atoms with Crippen molar-refractivity contribution in [3.8, 4) is 5.75 Å². The van der Waals surface area contributed by atoms with Gasteiger partial charge in [-0.25, -0.2) is 0 Å². The van der Waals surface area contributed by atoms with E-state index in [1.54, 1.807) is 0 Å². The fourth-order valence-corrected chi connectivity index (χ4v) is 2.66. The Kier molecular flexibility index (Phi) is 6.96. The summed E-state index contributed by atoms with van der Waals surface area (Å²) < 4.78 is 5.13. The van der Waals surface area contributed by atoms with Crippen molar-refractivity contribution in [2.24, 2.45) is 0 Å². The van der Waals surface area contributed by atoms with E-state index in [9.17, 15) is 14.9 Å². The van der Waals surface area contributed by atoms with Gasteiger partial charge < -0.3 is 15.0 Å². The average Bonchev–Trinajstić information content (AvgIpc) is 2.68. The van der Waals surface area contributed by atoms with Crippen molar-refractivity contribution in [3.63, 3.8) is 0 Å². The zero-order valence-corrected chi connectivity index (χ0v) is 15.0. The third-order valence-corrected chi connectivity index (χ3v) is 4.03. The second kappa shape index (κ2) is 9.41. The standard InChI is InChI=1S/C19H23N3O4/c1-3-21(15-8-5-4-6-9-15)13-7-12-20-19(23)17-14-16(22(24)25)10-11-18(17)26-2/h4-6,8-11,14H,3,7,12-13H2,1-2H3,(H,20,23). The Hall–Kier alpha value is -3.09. The van der Waals surface area contributed by atoms with E-state index in [1.165, 1.54) is 25.3 Å². The highest BCUT2D eigenvalue weighted by Crippen LogP contribution is 2.23. The molecule has 0 aromatic heterocycles. The van der Waals surface area contributed by atoms with Crippen molar-refractivity contribution in [1.29, 1.82) is 0 Å². The molecule has 138 valence electrons.